The van der Waals surface area contributed by atoms with E-state index in [9.17, 15) is 4.79 Å². The van der Waals surface area contributed by atoms with Crippen molar-refractivity contribution < 1.29 is 4.79 Å². The average Bonchev–Trinajstić information content (AvgIpc) is 2.74. The molecule has 0 aromatic carbocycles. The topological polar surface area (TPSA) is 80.9 Å². The summed E-state index contributed by atoms with van der Waals surface area (Å²) in [5, 5.41) is 6.81. The van der Waals surface area contributed by atoms with Crippen molar-refractivity contribution >= 4 is 45.2 Å². The van der Waals surface area contributed by atoms with Crippen LogP contribution in [0.1, 0.15) is 6.92 Å². The zero-order valence-corrected chi connectivity index (χ0v) is 10.9. The molecule has 0 fully saturated rings. The van der Waals surface area contributed by atoms with Crippen LogP contribution in [0.2, 0.25) is 0 Å². The van der Waals surface area contributed by atoms with Crippen LogP contribution in [0.15, 0.2) is 16.5 Å². The van der Waals surface area contributed by atoms with Gasteiger partial charge in [0.1, 0.15) is 9.86 Å². The standard InChI is InChI=1S/C10H12N4OS2/c1-2-12-10-13-8-6(3-4-16-8)9(14-10)17-5-7(11)15/h3-4H,2,5H2,1H3,(H2,11,15)(H,12,13,14). The van der Waals surface area contributed by atoms with Crippen LogP contribution in [0.4, 0.5) is 5.95 Å². The Morgan fingerprint density at radius 2 is 2.41 bits per heavy atom. The molecular weight excluding hydrogens is 256 g/mol. The van der Waals surface area contributed by atoms with Gasteiger partial charge in [0.05, 0.1) is 5.75 Å². The van der Waals surface area contributed by atoms with Crippen molar-refractivity contribution in [2.24, 2.45) is 5.73 Å². The Hall–Kier alpha value is -1.34. The molecule has 2 aromatic heterocycles. The molecule has 0 saturated heterocycles. The Bertz CT molecular complexity index is 540. The minimum atomic E-state index is -0.345. The quantitative estimate of drug-likeness (QED) is 0.637. The maximum absolute atomic E-state index is 10.8. The molecule has 7 heteroatoms. The lowest BCUT2D eigenvalue weighted by Gasteiger charge is -2.05. The van der Waals surface area contributed by atoms with Crippen LogP contribution in [0.25, 0.3) is 10.2 Å². The van der Waals surface area contributed by atoms with E-state index in [1.54, 1.807) is 11.3 Å². The van der Waals surface area contributed by atoms with E-state index in [2.05, 4.69) is 15.3 Å². The lowest BCUT2D eigenvalue weighted by atomic mass is 10.4. The van der Waals surface area contributed by atoms with E-state index < -0.39 is 0 Å². The number of aromatic nitrogens is 2. The highest BCUT2D eigenvalue weighted by molar-refractivity contribution is 8.00. The van der Waals surface area contributed by atoms with Crippen molar-refractivity contribution in [2.75, 3.05) is 17.6 Å². The number of carbonyl (C=O) groups excluding carboxylic acids is 1. The Balaban J connectivity index is 2.36. The van der Waals surface area contributed by atoms with Crippen LogP contribution in [0.5, 0.6) is 0 Å². The molecule has 0 unspecified atom stereocenters. The summed E-state index contributed by atoms with van der Waals surface area (Å²) in [6.45, 7) is 2.75. The van der Waals surface area contributed by atoms with Crippen LogP contribution in [-0.4, -0.2) is 28.2 Å². The zero-order chi connectivity index (χ0) is 12.3. The molecule has 90 valence electrons. The third kappa shape index (κ3) is 2.86. The summed E-state index contributed by atoms with van der Waals surface area (Å²) in [4.78, 5) is 20.5. The van der Waals surface area contributed by atoms with Gasteiger partial charge < -0.3 is 11.1 Å². The van der Waals surface area contributed by atoms with Crippen molar-refractivity contribution in [3.63, 3.8) is 0 Å². The van der Waals surface area contributed by atoms with Gasteiger partial charge in [0.25, 0.3) is 0 Å². The number of fused-ring (bicyclic) bond motifs is 1. The summed E-state index contributed by atoms with van der Waals surface area (Å²) in [6.07, 6.45) is 0. The second-order valence-electron chi connectivity index (χ2n) is 3.28. The number of nitrogens with one attached hydrogen (secondary N) is 1. The lowest BCUT2D eigenvalue weighted by molar-refractivity contribution is -0.115. The fourth-order valence-electron chi connectivity index (χ4n) is 1.31. The van der Waals surface area contributed by atoms with E-state index in [-0.39, 0.29) is 11.7 Å². The molecule has 0 aliphatic rings. The normalized spacial score (nSPS) is 10.6. The summed E-state index contributed by atoms with van der Waals surface area (Å²) in [5.41, 5.74) is 5.14. The second kappa shape index (κ2) is 5.33. The second-order valence-corrected chi connectivity index (χ2v) is 5.14. The molecular formula is C10H12N4OS2. The molecule has 0 aliphatic heterocycles. The van der Waals surface area contributed by atoms with E-state index >= 15 is 0 Å². The highest BCUT2D eigenvalue weighted by Crippen LogP contribution is 2.29. The molecule has 0 radical (unpaired) electrons. The summed E-state index contributed by atoms with van der Waals surface area (Å²) in [6, 6.07) is 1.96. The summed E-state index contributed by atoms with van der Waals surface area (Å²) < 4.78 is 0. The van der Waals surface area contributed by atoms with Crippen LogP contribution >= 0.6 is 23.1 Å². The van der Waals surface area contributed by atoms with Crippen molar-refractivity contribution in [3.05, 3.63) is 11.4 Å². The Morgan fingerprint density at radius 3 is 3.12 bits per heavy atom. The number of primary amides is 1. The first-order valence-corrected chi connectivity index (χ1v) is 6.97. The monoisotopic (exact) mass is 268 g/mol. The highest BCUT2D eigenvalue weighted by atomic mass is 32.2. The van der Waals surface area contributed by atoms with Crippen molar-refractivity contribution in [2.45, 2.75) is 11.9 Å². The number of thioether (sulfide) groups is 1. The van der Waals surface area contributed by atoms with Gasteiger partial charge in [-0.2, -0.15) is 0 Å². The molecule has 3 N–H and O–H groups in total. The summed E-state index contributed by atoms with van der Waals surface area (Å²) in [7, 11) is 0. The van der Waals surface area contributed by atoms with Crippen LogP contribution in [-0.2, 0) is 4.79 Å². The molecule has 1 amide bonds. The molecule has 2 heterocycles. The third-order valence-corrected chi connectivity index (χ3v) is 3.80. The Morgan fingerprint density at radius 1 is 1.59 bits per heavy atom. The predicted octanol–water partition coefficient (Wildman–Crippen LogP) is 1.70. The Kier molecular flexibility index (Phi) is 3.80. The van der Waals surface area contributed by atoms with Crippen molar-refractivity contribution in [1.82, 2.24) is 9.97 Å². The fourth-order valence-corrected chi connectivity index (χ4v) is 2.89. The number of anilines is 1. The smallest absolute Gasteiger partial charge is 0.227 e. The van der Waals surface area contributed by atoms with Crippen LogP contribution in [0, 0.1) is 0 Å². The van der Waals surface area contributed by atoms with E-state index in [0.29, 0.717) is 5.95 Å². The molecule has 2 rings (SSSR count). The number of nitrogens with two attached hydrogens (primary N) is 1. The van der Waals surface area contributed by atoms with E-state index in [1.165, 1.54) is 11.8 Å². The number of thiophene rings is 1. The van der Waals surface area contributed by atoms with Crippen LogP contribution in [0.3, 0.4) is 0 Å². The third-order valence-electron chi connectivity index (χ3n) is 1.98. The minimum Gasteiger partial charge on any atom is -0.369 e. The SMILES string of the molecule is CCNc1nc(SCC(N)=O)c2ccsc2n1. The van der Waals surface area contributed by atoms with E-state index in [0.717, 1.165) is 21.8 Å². The van der Waals surface area contributed by atoms with Gasteiger partial charge in [0.15, 0.2) is 0 Å². The van der Waals surface area contributed by atoms with Gasteiger partial charge in [0, 0.05) is 11.9 Å². The molecule has 0 atom stereocenters. The molecule has 0 aliphatic carbocycles. The maximum Gasteiger partial charge on any atom is 0.227 e. The van der Waals surface area contributed by atoms with Gasteiger partial charge in [-0.15, -0.1) is 11.3 Å². The van der Waals surface area contributed by atoms with Gasteiger partial charge >= 0.3 is 0 Å². The number of rotatable bonds is 5. The predicted molar refractivity (Wildman–Crippen MR) is 71.5 cm³/mol. The number of hydrogen-bond acceptors (Lipinski definition) is 6. The summed E-state index contributed by atoms with van der Waals surface area (Å²) >= 11 is 2.90. The minimum absolute atomic E-state index is 0.230. The maximum atomic E-state index is 10.8. The lowest BCUT2D eigenvalue weighted by Crippen LogP contribution is -2.13. The number of hydrogen-bond donors (Lipinski definition) is 2. The van der Waals surface area contributed by atoms with Gasteiger partial charge in [-0.1, -0.05) is 11.8 Å². The van der Waals surface area contributed by atoms with E-state index in [4.69, 9.17) is 5.73 Å². The molecule has 0 spiro atoms. The fraction of sp³-hybridized carbons (Fsp3) is 0.300. The van der Waals surface area contributed by atoms with Gasteiger partial charge in [0.2, 0.25) is 11.9 Å². The number of nitrogens with zero attached hydrogens (tertiary/aromatic N) is 2. The molecule has 0 bridgehead atoms. The van der Waals surface area contributed by atoms with E-state index in [1.807, 2.05) is 18.4 Å². The first-order valence-electron chi connectivity index (χ1n) is 5.11. The molecule has 2 aromatic rings. The van der Waals surface area contributed by atoms with Gasteiger partial charge in [-0.05, 0) is 18.4 Å². The molecule has 5 nitrogen and oxygen atoms in total. The average molecular weight is 268 g/mol. The number of amides is 1. The number of carbonyl (C=O) groups is 1. The largest absolute Gasteiger partial charge is 0.369 e. The highest BCUT2D eigenvalue weighted by Gasteiger charge is 2.10. The molecule has 0 saturated carbocycles. The first-order chi connectivity index (χ1) is 8.20. The Labute approximate surface area is 107 Å². The van der Waals surface area contributed by atoms with Crippen LogP contribution < -0.4 is 11.1 Å². The van der Waals surface area contributed by atoms with Gasteiger partial charge in [-0.3, -0.25) is 4.79 Å². The van der Waals surface area contributed by atoms with Gasteiger partial charge in [-0.25, -0.2) is 9.97 Å². The summed E-state index contributed by atoms with van der Waals surface area (Å²) in [5.74, 6) is 0.476. The van der Waals surface area contributed by atoms with Crippen molar-refractivity contribution in [1.29, 1.82) is 0 Å². The molecule has 17 heavy (non-hydrogen) atoms. The first kappa shape index (κ1) is 12.1. The zero-order valence-electron chi connectivity index (χ0n) is 9.27. The van der Waals surface area contributed by atoms with Crippen molar-refractivity contribution in [3.8, 4) is 0 Å².